The second-order valence-corrected chi connectivity index (χ2v) is 6.18. The number of aryl methyl sites for hydroxylation is 1. The van der Waals surface area contributed by atoms with Gasteiger partial charge in [0, 0.05) is 19.8 Å². The maximum atomic E-state index is 13.8. The average molecular weight is 350 g/mol. The first-order chi connectivity index (χ1) is 8.95. The van der Waals surface area contributed by atoms with Gasteiger partial charge in [0.25, 0.3) is 0 Å². The van der Waals surface area contributed by atoms with Crippen molar-refractivity contribution in [2.45, 2.75) is 13.0 Å². The molecule has 1 aromatic heterocycles. The lowest BCUT2D eigenvalue weighted by molar-refractivity contribution is 0.435. The minimum Gasteiger partial charge on any atom is -0.309 e. The Kier molecular flexibility index (Phi) is 4.32. The Morgan fingerprint density at radius 1 is 1.21 bits per heavy atom. The molecule has 1 N–H and O–H groups in total. The van der Waals surface area contributed by atoms with Gasteiger partial charge >= 0.3 is 0 Å². The predicted molar refractivity (Wildman–Crippen MR) is 74.0 cm³/mol. The molecule has 1 nitrogen and oxygen atoms in total. The second-order valence-electron chi connectivity index (χ2n) is 4.04. The van der Waals surface area contributed by atoms with Gasteiger partial charge in [-0.1, -0.05) is 6.07 Å². The lowest BCUT2D eigenvalue weighted by Gasteiger charge is -2.16. The number of thiophene rings is 1. The van der Waals surface area contributed by atoms with E-state index in [4.69, 9.17) is 0 Å². The lowest BCUT2D eigenvalue weighted by atomic mass is 10.0. The summed E-state index contributed by atoms with van der Waals surface area (Å²) in [5.74, 6) is -3.77. The molecule has 102 valence electrons. The van der Waals surface area contributed by atoms with E-state index in [1.807, 2.05) is 13.0 Å². The first-order valence-electron chi connectivity index (χ1n) is 5.52. The minimum atomic E-state index is -1.44. The third kappa shape index (κ3) is 2.70. The molecule has 19 heavy (non-hydrogen) atoms. The highest BCUT2D eigenvalue weighted by molar-refractivity contribution is 9.10. The van der Waals surface area contributed by atoms with Crippen molar-refractivity contribution in [3.8, 4) is 0 Å². The van der Waals surface area contributed by atoms with Crippen molar-refractivity contribution in [2.24, 2.45) is 0 Å². The minimum absolute atomic E-state index is 0.0927. The summed E-state index contributed by atoms with van der Waals surface area (Å²) in [5, 5.41) is 2.92. The first-order valence-corrected chi connectivity index (χ1v) is 7.13. The topological polar surface area (TPSA) is 12.0 Å². The van der Waals surface area contributed by atoms with Gasteiger partial charge in [0.2, 0.25) is 0 Å². The van der Waals surface area contributed by atoms with Crippen molar-refractivity contribution in [1.82, 2.24) is 5.32 Å². The summed E-state index contributed by atoms with van der Waals surface area (Å²) in [5.41, 5.74) is 0.0927. The predicted octanol–water partition coefficient (Wildman–Crippen LogP) is 4.55. The molecule has 0 aliphatic heterocycles. The zero-order chi connectivity index (χ0) is 14.2. The van der Waals surface area contributed by atoms with Crippen LogP contribution in [0.5, 0.6) is 0 Å². The molecule has 6 heteroatoms. The van der Waals surface area contributed by atoms with Crippen LogP contribution in [0.15, 0.2) is 22.7 Å². The standard InChI is InChI=1S/C13H11BrF3NS/c1-6-8(14)5-10(19-6)13(18-2)7-3-4-9(15)12(17)11(7)16/h3-5,13,18H,1-2H3. The average Bonchev–Trinajstić information content (AvgIpc) is 2.70. The maximum absolute atomic E-state index is 13.8. The molecule has 0 spiro atoms. The van der Waals surface area contributed by atoms with Crippen molar-refractivity contribution in [3.63, 3.8) is 0 Å². The van der Waals surface area contributed by atoms with Crippen molar-refractivity contribution < 1.29 is 13.2 Å². The number of nitrogens with one attached hydrogen (secondary N) is 1. The Hall–Kier alpha value is -0.850. The van der Waals surface area contributed by atoms with Crippen LogP contribution in [0.3, 0.4) is 0 Å². The molecule has 0 aliphatic carbocycles. The summed E-state index contributed by atoms with van der Waals surface area (Å²) in [4.78, 5) is 1.87. The van der Waals surface area contributed by atoms with E-state index in [0.717, 1.165) is 20.3 Å². The van der Waals surface area contributed by atoms with E-state index in [1.54, 1.807) is 7.05 Å². The monoisotopic (exact) mass is 349 g/mol. The van der Waals surface area contributed by atoms with Gasteiger partial charge in [-0.3, -0.25) is 0 Å². The number of halogens is 4. The summed E-state index contributed by atoms with van der Waals surface area (Å²) in [6.07, 6.45) is 0. The van der Waals surface area contributed by atoms with Gasteiger partial charge in [-0.2, -0.15) is 0 Å². The molecule has 0 amide bonds. The van der Waals surface area contributed by atoms with Gasteiger partial charge < -0.3 is 5.32 Å². The molecular formula is C13H11BrF3NS. The van der Waals surface area contributed by atoms with Crippen LogP contribution in [0.25, 0.3) is 0 Å². The fourth-order valence-corrected chi connectivity index (χ4v) is 3.53. The highest BCUT2D eigenvalue weighted by Gasteiger charge is 2.22. The van der Waals surface area contributed by atoms with E-state index in [0.29, 0.717) is 0 Å². The van der Waals surface area contributed by atoms with E-state index < -0.39 is 23.5 Å². The Morgan fingerprint density at radius 3 is 2.42 bits per heavy atom. The smallest absolute Gasteiger partial charge is 0.194 e. The molecular weight excluding hydrogens is 339 g/mol. The van der Waals surface area contributed by atoms with Crippen LogP contribution >= 0.6 is 27.3 Å². The van der Waals surface area contributed by atoms with Crippen LogP contribution in [-0.4, -0.2) is 7.05 Å². The number of benzene rings is 1. The summed E-state index contributed by atoms with van der Waals surface area (Å²) in [7, 11) is 1.65. The molecule has 0 fully saturated rings. The molecule has 2 aromatic rings. The van der Waals surface area contributed by atoms with E-state index in [2.05, 4.69) is 21.2 Å². The zero-order valence-electron chi connectivity index (χ0n) is 10.2. The normalized spacial score (nSPS) is 12.7. The van der Waals surface area contributed by atoms with E-state index in [1.165, 1.54) is 17.4 Å². The first kappa shape index (κ1) is 14.6. The molecule has 0 aliphatic rings. The maximum Gasteiger partial charge on any atom is 0.194 e. The van der Waals surface area contributed by atoms with Gasteiger partial charge in [0.05, 0.1) is 6.04 Å². The molecule has 1 unspecified atom stereocenters. The number of hydrogen-bond donors (Lipinski definition) is 1. The van der Waals surface area contributed by atoms with Crippen molar-refractivity contribution in [2.75, 3.05) is 7.05 Å². The van der Waals surface area contributed by atoms with Crippen LogP contribution in [0.4, 0.5) is 13.2 Å². The fourth-order valence-electron chi connectivity index (χ4n) is 1.84. The summed E-state index contributed by atoms with van der Waals surface area (Å²) in [6, 6.07) is 3.54. The Morgan fingerprint density at radius 2 is 1.89 bits per heavy atom. The Labute approximate surface area is 121 Å². The van der Waals surface area contributed by atoms with Crippen molar-refractivity contribution in [3.05, 3.63) is 55.4 Å². The third-order valence-corrected chi connectivity index (χ3v) is 5.03. The quantitative estimate of drug-likeness (QED) is 0.801. The van der Waals surface area contributed by atoms with Crippen LogP contribution in [0.1, 0.15) is 21.4 Å². The molecule has 2 rings (SSSR count). The molecule has 1 aromatic carbocycles. The largest absolute Gasteiger partial charge is 0.309 e. The van der Waals surface area contributed by atoms with Crippen LogP contribution in [0, 0.1) is 24.4 Å². The van der Waals surface area contributed by atoms with Crippen molar-refractivity contribution in [1.29, 1.82) is 0 Å². The summed E-state index contributed by atoms with van der Waals surface area (Å²) < 4.78 is 41.0. The second kappa shape index (κ2) is 5.64. The molecule has 0 saturated heterocycles. The zero-order valence-corrected chi connectivity index (χ0v) is 12.6. The highest BCUT2D eigenvalue weighted by Crippen LogP contribution is 2.35. The molecule has 1 heterocycles. The molecule has 0 radical (unpaired) electrons. The van der Waals surface area contributed by atoms with Gasteiger partial charge in [0.15, 0.2) is 17.5 Å². The van der Waals surface area contributed by atoms with Crippen LogP contribution < -0.4 is 5.32 Å². The third-order valence-electron chi connectivity index (χ3n) is 2.83. The van der Waals surface area contributed by atoms with Gasteiger partial charge in [-0.25, -0.2) is 13.2 Å². The van der Waals surface area contributed by atoms with E-state index in [9.17, 15) is 13.2 Å². The Bertz CT molecular complexity index is 593. The van der Waals surface area contributed by atoms with Crippen LogP contribution in [-0.2, 0) is 0 Å². The SMILES string of the molecule is CNC(c1cc(Br)c(C)s1)c1ccc(F)c(F)c1F. The van der Waals surface area contributed by atoms with Gasteiger partial charge in [-0.15, -0.1) is 11.3 Å². The Balaban J connectivity index is 2.51. The summed E-state index contributed by atoms with van der Waals surface area (Å²) >= 11 is 4.85. The van der Waals surface area contributed by atoms with Crippen LogP contribution in [0.2, 0.25) is 0 Å². The van der Waals surface area contributed by atoms with Gasteiger partial charge in [0.1, 0.15) is 0 Å². The van der Waals surface area contributed by atoms with Gasteiger partial charge in [-0.05, 0) is 42.0 Å². The lowest BCUT2D eigenvalue weighted by Crippen LogP contribution is -2.18. The number of rotatable bonds is 3. The molecule has 1 atom stereocenters. The fraction of sp³-hybridized carbons (Fsp3) is 0.231. The highest BCUT2D eigenvalue weighted by atomic mass is 79.9. The number of hydrogen-bond acceptors (Lipinski definition) is 2. The summed E-state index contributed by atoms with van der Waals surface area (Å²) in [6.45, 7) is 1.92. The van der Waals surface area contributed by atoms with E-state index in [-0.39, 0.29) is 5.56 Å². The van der Waals surface area contributed by atoms with Crippen molar-refractivity contribution >= 4 is 27.3 Å². The van der Waals surface area contributed by atoms with E-state index >= 15 is 0 Å². The molecule has 0 bridgehead atoms. The molecule has 0 saturated carbocycles.